The van der Waals surface area contributed by atoms with Crippen LogP contribution in [0.1, 0.15) is 21.6 Å². The fraction of sp³-hybridized carbons (Fsp3) is 0.100. The summed E-state index contributed by atoms with van der Waals surface area (Å²) in [5.41, 5.74) is 2.50. The first-order valence-electron chi connectivity index (χ1n) is 8.48. The van der Waals surface area contributed by atoms with Gasteiger partial charge in [-0.2, -0.15) is 5.10 Å². The summed E-state index contributed by atoms with van der Waals surface area (Å²) in [6, 6.07) is 15.2. The first kappa shape index (κ1) is 17.9. The molecule has 8 heteroatoms. The molecular weight excluding hydrogens is 380 g/mol. The van der Waals surface area contributed by atoms with Crippen molar-refractivity contribution in [1.82, 2.24) is 19.4 Å². The van der Waals surface area contributed by atoms with Crippen LogP contribution in [0.25, 0.3) is 16.9 Å². The maximum absolute atomic E-state index is 12.9. The van der Waals surface area contributed by atoms with Gasteiger partial charge < -0.3 is 5.11 Å². The van der Waals surface area contributed by atoms with Crippen molar-refractivity contribution in [2.45, 2.75) is 13.5 Å². The Hall–Kier alpha value is -3.45. The third kappa shape index (κ3) is 3.27. The molecule has 4 rings (SSSR count). The molecule has 0 saturated heterocycles. The van der Waals surface area contributed by atoms with Crippen LogP contribution >= 0.6 is 11.6 Å². The Morgan fingerprint density at radius 3 is 2.54 bits per heavy atom. The third-order valence-corrected chi connectivity index (χ3v) is 4.55. The highest BCUT2D eigenvalue weighted by atomic mass is 35.5. The van der Waals surface area contributed by atoms with Gasteiger partial charge in [0.25, 0.3) is 5.56 Å². The maximum atomic E-state index is 12.9. The van der Waals surface area contributed by atoms with Gasteiger partial charge in [-0.25, -0.2) is 14.0 Å². The van der Waals surface area contributed by atoms with Crippen LogP contribution < -0.4 is 5.56 Å². The second-order valence-corrected chi connectivity index (χ2v) is 6.82. The van der Waals surface area contributed by atoms with Gasteiger partial charge in [0.2, 0.25) is 0 Å². The van der Waals surface area contributed by atoms with E-state index in [2.05, 4.69) is 10.2 Å². The average molecular weight is 395 g/mol. The molecule has 0 bridgehead atoms. The normalized spacial score (nSPS) is 11.1. The molecule has 2 aromatic heterocycles. The molecule has 2 aromatic carbocycles. The lowest BCUT2D eigenvalue weighted by Gasteiger charge is -2.10. The van der Waals surface area contributed by atoms with E-state index in [0.717, 1.165) is 11.1 Å². The molecule has 2 heterocycles. The predicted octanol–water partition coefficient (Wildman–Crippen LogP) is 3.27. The summed E-state index contributed by atoms with van der Waals surface area (Å²) in [5, 5.41) is 18.5. The zero-order chi connectivity index (χ0) is 19.8. The van der Waals surface area contributed by atoms with E-state index >= 15 is 0 Å². The van der Waals surface area contributed by atoms with Crippen molar-refractivity contribution < 1.29 is 9.90 Å². The Morgan fingerprint density at radius 1 is 1.11 bits per heavy atom. The number of aryl methyl sites for hydroxylation is 1. The quantitative estimate of drug-likeness (QED) is 0.573. The smallest absolute Gasteiger partial charge is 0.335 e. The molecule has 7 nitrogen and oxygen atoms in total. The number of nitrogens with zero attached hydrogens (tertiary/aromatic N) is 4. The topological polar surface area (TPSA) is 89.5 Å². The van der Waals surface area contributed by atoms with Gasteiger partial charge in [-0.1, -0.05) is 35.9 Å². The van der Waals surface area contributed by atoms with Crippen molar-refractivity contribution >= 4 is 23.1 Å². The van der Waals surface area contributed by atoms with Crippen LogP contribution in [0.3, 0.4) is 0 Å². The number of benzene rings is 2. The molecule has 0 aliphatic rings. The second kappa shape index (κ2) is 6.94. The summed E-state index contributed by atoms with van der Waals surface area (Å²) in [5.74, 6) is -0.506. The van der Waals surface area contributed by atoms with Gasteiger partial charge in [0, 0.05) is 10.6 Å². The number of rotatable bonds is 4. The number of carboxylic acid groups (broad SMARTS) is 1. The van der Waals surface area contributed by atoms with E-state index in [1.807, 2.05) is 19.1 Å². The maximum Gasteiger partial charge on any atom is 0.335 e. The van der Waals surface area contributed by atoms with Gasteiger partial charge in [0.05, 0.1) is 17.8 Å². The van der Waals surface area contributed by atoms with Crippen molar-refractivity contribution in [3.8, 4) is 11.4 Å². The zero-order valence-corrected chi connectivity index (χ0v) is 15.6. The molecule has 0 aliphatic carbocycles. The summed E-state index contributed by atoms with van der Waals surface area (Å²) in [4.78, 5) is 23.9. The van der Waals surface area contributed by atoms with Gasteiger partial charge in [-0.15, -0.1) is 5.10 Å². The van der Waals surface area contributed by atoms with Crippen LogP contribution in [0.15, 0.2) is 59.4 Å². The highest BCUT2D eigenvalue weighted by molar-refractivity contribution is 6.30. The highest BCUT2D eigenvalue weighted by Crippen LogP contribution is 2.21. The van der Waals surface area contributed by atoms with Crippen molar-refractivity contribution in [2.75, 3.05) is 0 Å². The largest absolute Gasteiger partial charge is 0.478 e. The summed E-state index contributed by atoms with van der Waals surface area (Å²) in [6.45, 7) is 2.01. The number of aromatic carboxylic acids is 1. The number of carboxylic acids is 1. The fourth-order valence-corrected chi connectivity index (χ4v) is 3.18. The van der Waals surface area contributed by atoms with Crippen molar-refractivity contribution in [2.24, 2.45) is 0 Å². The van der Waals surface area contributed by atoms with Gasteiger partial charge in [0.1, 0.15) is 5.52 Å². The van der Waals surface area contributed by atoms with Gasteiger partial charge in [-0.05, 0) is 42.8 Å². The molecule has 140 valence electrons. The molecule has 0 fully saturated rings. The van der Waals surface area contributed by atoms with Gasteiger partial charge >= 0.3 is 5.97 Å². The van der Waals surface area contributed by atoms with E-state index in [1.165, 1.54) is 21.3 Å². The monoisotopic (exact) mass is 394 g/mol. The first-order valence-corrected chi connectivity index (χ1v) is 8.86. The van der Waals surface area contributed by atoms with Crippen molar-refractivity contribution in [1.29, 1.82) is 0 Å². The molecule has 28 heavy (non-hydrogen) atoms. The van der Waals surface area contributed by atoms with Crippen LogP contribution in [-0.4, -0.2) is 30.5 Å². The molecular formula is C20H15ClN4O3. The highest BCUT2D eigenvalue weighted by Gasteiger charge is 2.15. The summed E-state index contributed by atoms with van der Waals surface area (Å²) in [6.07, 6.45) is 0. The number of aromatic nitrogens is 4. The number of hydrogen-bond acceptors (Lipinski definition) is 4. The molecule has 0 radical (unpaired) electrons. The molecule has 0 unspecified atom stereocenters. The molecule has 0 saturated carbocycles. The minimum atomic E-state index is -0.999. The molecule has 1 N–H and O–H groups in total. The first-order chi connectivity index (χ1) is 13.4. The van der Waals surface area contributed by atoms with E-state index in [1.54, 1.807) is 30.3 Å². The number of carbonyl (C=O) groups is 1. The van der Waals surface area contributed by atoms with Crippen LogP contribution in [0.4, 0.5) is 0 Å². The fourth-order valence-electron chi connectivity index (χ4n) is 2.99. The Bertz CT molecular complexity index is 1260. The van der Waals surface area contributed by atoms with Crippen LogP contribution in [0.2, 0.25) is 5.02 Å². The predicted molar refractivity (Wildman–Crippen MR) is 105 cm³/mol. The van der Waals surface area contributed by atoms with Gasteiger partial charge in [-0.3, -0.25) is 4.79 Å². The van der Waals surface area contributed by atoms with E-state index < -0.39 is 5.97 Å². The van der Waals surface area contributed by atoms with Crippen LogP contribution in [-0.2, 0) is 6.54 Å². The Labute approximate surface area is 164 Å². The van der Waals surface area contributed by atoms with E-state index in [-0.39, 0.29) is 17.7 Å². The number of fused-ring (bicyclic) bond motifs is 1. The Kier molecular flexibility index (Phi) is 4.44. The van der Waals surface area contributed by atoms with E-state index in [4.69, 9.17) is 16.7 Å². The number of hydrogen-bond donors (Lipinski definition) is 1. The average Bonchev–Trinajstić information content (AvgIpc) is 3.06. The number of halogens is 1. The molecule has 0 amide bonds. The summed E-state index contributed by atoms with van der Waals surface area (Å²) < 4.78 is 2.87. The van der Waals surface area contributed by atoms with Gasteiger partial charge in [0.15, 0.2) is 5.82 Å². The third-order valence-electron chi connectivity index (χ3n) is 4.32. The molecule has 0 aliphatic heterocycles. The SMILES string of the molecule is Cc1cc2c(=O)n(Cc3ccc(C(=O)O)cc3)nc(-c3cccc(Cl)c3)n2n1. The second-order valence-electron chi connectivity index (χ2n) is 6.38. The van der Waals surface area contributed by atoms with Crippen molar-refractivity contribution in [3.63, 3.8) is 0 Å². The van der Waals surface area contributed by atoms with Crippen LogP contribution in [0.5, 0.6) is 0 Å². The van der Waals surface area contributed by atoms with Crippen LogP contribution in [0, 0.1) is 6.92 Å². The lowest BCUT2D eigenvalue weighted by Crippen LogP contribution is -2.26. The summed E-state index contributed by atoms with van der Waals surface area (Å²) in [7, 11) is 0. The molecule has 0 atom stereocenters. The lowest BCUT2D eigenvalue weighted by molar-refractivity contribution is 0.0697. The minimum Gasteiger partial charge on any atom is -0.478 e. The zero-order valence-electron chi connectivity index (χ0n) is 14.8. The minimum absolute atomic E-state index is 0.186. The Morgan fingerprint density at radius 2 is 1.86 bits per heavy atom. The van der Waals surface area contributed by atoms with Crippen molar-refractivity contribution in [3.05, 3.63) is 86.8 Å². The Balaban J connectivity index is 1.85. The van der Waals surface area contributed by atoms with E-state index in [9.17, 15) is 9.59 Å². The molecule has 0 spiro atoms. The standard InChI is InChI=1S/C20H15ClN4O3/c1-12-9-17-19(26)24(11-13-5-7-14(8-6-13)20(27)28)23-18(25(17)22-12)15-3-2-4-16(21)10-15/h2-10H,11H2,1H3,(H,27,28). The summed E-state index contributed by atoms with van der Waals surface area (Å²) >= 11 is 6.12. The molecule has 4 aromatic rings. The lowest BCUT2D eigenvalue weighted by atomic mass is 10.1. The van der Waals surface area contributed by atoms with E-state index in [0.29, 0.717) is 22.1 Å².